The van der Waals surface area contributed by atoms with Gasteiger partial charge in [-0.1, -0.05) is 32.1 Å². The predicted molar refractivity (Wildman–Crippen MR) is 118 cm³/mol. The highest BCUT2D eigenvalue weighted by atomic mass is 16.5. The van der Waals surface area contributed by atoms with Crippen LogP contribution in [0.15, 0.2) is 42.0 Å². The van der Waals surface area contributed by atoms with Gasteiger partial charge in [0.2, 0.25) is 0 Å². The molecule has 0 aromatic heterocycles. The molecular weight excluding hydrogens is 368 g/mol. The van der Waals surface area contributed by atoms with E-state index in [9.17, 15) is 4.79 Å². The summed E-state index contributed by atoms with van der Waals surface area (Å²) in [5, 5.41) is 0. The summed E-state index contributed by atoms with van der Waals surface area (Å²) in [5.74, 6) is 2.01. The molecule has 0 radical (unpaired) electrons. The lowest BCUT2D eigenvalue weighted by atomic mass is 9.91. The molecule has 0 N–H and O–H groups in total. The summed E-state index contributed by atoms with van der Waals surface area (Å²) >= 11 is 0. The second-order valence-electron chi connectivity index (χ2n) is 7.45. The maximum Gasteiger partial charge on any atom is 0.330 e. The van der Waals surface area contributed by atoms with Gasteiger partial charge in [0, 0.05) is 23.1 Å². The van der Waals surface area contributed by atoms with Crippen molar-refractivity contribution in [3.63, 3.8) is 0 Å². The van der Waals surface area contributed by atoms with Crippen molar-refractivity contribution in [2.75, 3.05) is 27.4 Å². The molecule has 1 aliphatic rings. The Morgan fingerprint density at radius 3 is 2.38 bits per heavy atom. The summed E-state index contributed by atoms with van der Waals surface area (Å²) in [6.45, 7) is 13.1. The van der Waals surface area contributed by atoms with E-state index in [2.05, 4.69) is 26.8 Å². The molecule has 0 unspecified atom stereocenters. The third kappa shape index (κ3) is 7.68. The van der Waals surface area contributed by atoms with Gasteiger partial charge >= 0.3 is 5.97 Å². The standard InChI is InChI=1S/C15H20O3.C9H14O2/c1-10-8-15(2,3)9-18-12-7-14(17-5)13(16-4)6-11(10)12;1-4-6-8(3)7-9(10)11-5-2/h6-8H,9H2,1-5H3;4,6-7H,5H2,1-3H3/b;6-4+,8-7+. The number of allylic oxidation sites excluding steroid dienone is 4. The van der Waals surface area contributed by atoms with Crippen LogP contribution < -0.4 is 14.2 Å². The Bertz CT molecular complexity index is 785. The van der Waals surface area contributed by atoms with Crippen molar-refractivity contribution in [1.29, 1.82) is 0 Å². The Morgan fingerprint density at radius 2 is 1.83 bits per heavy atom. The van der Waals surface area contributed by atoms with E-state index >= 15 is 0 Å². The molecule has 0 atom stereocenters. The van der Waals surface area contributed by atoms with Gasteiger partial charge in [0.1, 0.15) is 5.75 Å². The Hall–Kier alpha value is -2.69. The lowest BCUT2D eigenvalue weighted by Crippen LogP contribution is -2.17. The number of fused-ring (bicyclic) bond motifs is 1. The zero-order chi connectivity index (χ0) is 22.0. The first kappa shape index (κ1) is 24.3. The van der Waals surface area contributed by atoms with Crippen molar-refractivity contribution in [2.45, 2.75) is 41.5 Å². The number of esters is 1. The number of ether oxygens (including phenoxy) is 4. The topological polar surface area (TPSA) is 54.0 Å². The summed E-state index contributed by atoms with van der Waals surface area (Å²) in [4.78, 5) is 10.8. The number of carbonyl (C=O) groups is 1. The summed E-state index contributed by atoms with van der Waals surface area (Å²) in [5.41, 5.74) is 3.21. The van der Waals surface area contributed by atoms with Crippen LogP contribution in [0.4, 0.5) is 0 Å². The molecule has 1 aromatic carbocycles. The first-order chi connectivity index (χ1) is 13.7. The van der Waals surface area contributed by atoms with Crippen LogP contribution in [-0.4, -0.2) is 33.4 Å². The highest BCUT2D eigenvalue weighted by molar-refractivity contribution is 5.83. The molecule has 0 saturated carbocycles. The van der Waals surface area contributed by atoms with Crippen molar-refractivity contribution >= 4 is 11.5 Å². The van der Waals surface area contributed by atoms with Crippen LogP contribution in [0.25, 0.3) is 5.57 Å². The maximum atomic E-state index is 10.8. The number of rotatable bonds is 5. The minimum Gasteiger partial charge on any atom is -0.493 e. The second kappa shape index (κ2) is 11.3. The number of hydrogen-bond donors (Lipinski definition) is 0. The summed E-state index contributed by atoms with van der Waals surface area (Å²) in [6, 6.07) is 3.87. The fourth-order valence-electron chi connectivity index (χ4n) is 2.94. The zero-order valence-corrected chi connectivity index (χ0v) is 18.9. The highest BCUT2D eigenvalue weighted by Gasteiger charge is 2.23. The molecule has 5 nitrogen and oxygen atoms in total. The fraction of sp³-hybridized carbons (Fsp3) is 0.458. The third-order valence-corrected chi connectivity index (χ3v) is 4.18. The van der Waals surface area contributed by atoms with Crippen LogP contribution in [0.3, 0.4) is 0 Å². The van der Waals surface area contributed by atoms with Crippen LogP contribution in [0, 0.1) is 5.41 Å². The van der Waals surface area contributed by atoms with E-state index < -0.39 is 0 Å². The number of methoxy groups -OCH3 is 2. The Kier molecular flexibility index (Phi) is 9.53. The van der Waals surface area contributed by atoms with Gasteiger partial charge < -0.3 is 18.9 Å². The monoisotopic (exact) mass is 402 g/mol. The largest absolute Gasteiger partial charge is 0.493 e. The van der Waals surface area contributed by atoms with Crippen molar-refractivity contribution in [3.05, 3.63) is 47.6 Å². The van der Waals surface area contributed by atoms with E-state index in [1.165, 1.54) is 11.6 Å². The van der Waals surface area contributed by atoms with E-state index in [1.54, 1.807) is 21.1 Å². The van der Waals surface area contributed by atoms with Gasteiger partial charge in [-0.25, -0.2) is 4.79 Å². The van der Waals surface area contributed by atoms with Crippen molar-refractivity contribution < 1.29 is 23.7 Å². The van der Waals surface area contributed by atoms with Gasteiger partial charge in [0.05, 0.1) is 27.4 Å². The summed E-state index contributed by atoms with van der Waals surface area (Å²) in [6.07, 6.45) is 7.45. The molecule has 5 heteroatoms. The van der Waals surface area contributed by atoms with Gasteiger partial charge in [0.15, 0.2) is 11.5 Å². The van der Waals surface area contributed by atoms with Crippen LogP contribution >= 0.6 is 0 Å². The number of carbonyl (C=O) groups excluding carboxylic acids is 1. The average Bonchev–Trinajstić information content (AvgIpc) is 2.76. The molecule has 0 aliphatic carbocycles. The first-order valence-corrected chi connectivity index (χ1v) is 9.73. The quantitative estimate of drug-likeness (QED) is 0.365. The zero-order valence-electron chi connectivity index (χ0n) is 18.9. The molecule has 160 valence electrons. The van der Waals surface area contributed by atoms with E-state index in [-0.39, 0.29) is 11.4 Å². The van der Waals surface area contributed by atoms with Gasteiger partial charge in [-0.15, -0.1) is 0 Å². The summed E-state index contributed by atoms with van der Waals surface area (Å²) < 4.78 is 21.2. The van der Waals surface area contributed by atoms with E-state index in [4.69, 9.17) is 18.9 Å². The van der Waals surface area contributed by atoms with E-state index in [1.807, 2.05) is 38.1 Å². The third-order valence-electron chi connectivity index (χ3n) is 4.18. The number of hydrogen-bond acceptors (Lipinski definition) is 5. The molecule has 2 rings (SSSR count). The lowest BCUT2D eigenvalue weighted by molar-refractivity contribution is -0.137. The van der Waals surface area contributed by atoms with Crippen LogP contribution in [0.1, 0.15) is 47.1 Å². The first-order valence-electron chi connectivity index (χ1n) is 9.73. The predicted octanol–water partition coefficient (Wildman–Crippen LogP) is 5.60. The highest BCUT2D eigenvalue weighted by Crippen LogP contribution is 2.41. The van der Waals surface area contributed by atoms with Gasteiger partial charge in [-0.05, 0) is 44.9 Å². The molecule has 0 spiro atoms. The van der Waals surface area contributed by atoms with Crippen LogP contribution in [0.5, 0.6) is 17.2 Å². The fourth-order valence-corrected chi connectivity index (χ4v) is 2.94. The van der Waals surface area contributed by atoms with E-state index in [0.29, 0.717) is 19.0 Å². The molecular formula is C24H34O5. The minimum atomic E-state index is -0.275. The van der Waals surface area contributed by atoms with E-state index in [0.717, 1.165) is 22.6 Å². The molecule has 1 aromatic rings. The SMILES string of the molecule is C/C=C/C(C)=C/C(=O)OCC.COc1cc2c(cc1OC)C(C)=CC(C)(C)CO2. The van der Waals surface area contributed by atoms with Crippen LogP contribution in [-0.2, 0) is 9.53 Å². The minimum absolute atomic E-state index is 0.0313. The Balaban J connectivity index is 0.000000331. The summed E-state index contributed by atoms with van der Waals surface area (Å²) in [7, 11) is 3.28. The van der Waals surface area contributed by atoms with Crippen molar-refractivity contribution in [1.82, 2.24) is 0 Å². The molecule has 0 amide bonds. The average molecular weight is 403 g/mol. The Labute approximate surface area is 175 Å². The van der Waals surface area contributed by atoms with Gasteiger partial charge in [-0.3, -0.25) is 0 Å². The normalized spacial score (nSPS) is 15.2. The molecule has 1 aliphatic heterocycles. The van der Waals surface area contributed by atoms with Gasteiger partial charge in [-0.2, -0.15) is 0 Å². The molecule has 0 fully saturated rings. The maximum absolute atomic E-state index is 10.8. The van der Waals surface area contributed by atoms with Gasteiger partial charge in [0.25, 0.3) is 0 Å². The smallest absolute Gasteiger partial charge is 0.330 e. The molecule has 1 heterocycles. The van der Waals surface area contributed by atoms with Crippen molar-refractivity contribution in [2.24, 2.45) is 5.41 Å². The Morgan fingerprint density at radius 1 is 1.21 bits per heavy atom. The van der Waals surface area contributed by atoms with Crippen LogP contribution in [0.2, 0.25) is 0 Å². The molecule has 0 saturated heterocycles. The molecule has 0 bridgehead atoms. The number of benzene rings is 1. The van der Waals surface area contributed by atoms with Crippen molar-refractivity contribution in [3.8, 4) is 17.2 Å². The lowest BCUT2D eigenvalue weighted by Gasteiger charge is -2.18. The molecule has 29 heavy (non-hydrogen) atoms. The second-order valence-corrected chi connectivity index (χ2v) is 7.45.